The van der Waals surface area contributed by atoms with E-state index in [9.17, 15) is 13.6 Å². The number of halogens is 3. The third-order valence-corrected chi connectivity index (χ3v) is 3.39. The Kier molecular flexibility index (Phi) is 10.9. The van der Waals surface area contributed by atoms with Crippen LogP contribution in [0.3, 0.4) is 0 Å². The van der Waals surface area contributed by atoms with Crippen LogP contribution in [0.1, 0.15) is 23.0 Å². The van der Waals surface area contributed by atoms with Crippen molar-refractivity contribution in [2.45, 2.75) is 20.1 Å². The maximum absolute atomic E-state index is 12.5. The average molecular weight is 508 g/mol. The number of alkyl halides is 2. The van der Waals surface area contributed by atoms with Crippen LogP contribution < -0.4 is 20.7 Å². The molecule has 28 heavy (non-hydrogen) atoms. The van der Waals surface area contributed by atoms with E-state index in [-0.39, 0.29) is 47.9 Å². The lowest BCUT2D eigenvalue weighted by Gasteiger charge is -2.13. The van der Waals surface area contributed by atoms with Crippen molar-refractivity contribution in [3.8, 4) is 5.75 Å². The molecule has 3 N–H and O–H groups in total. The van der Waals surface area contributed by atoms with Gasteiger partial charge in [0.05, 0.1) is 12.8 Å². The summed E-state index contributed by atoms with van der Waals surface area (Å²) in [5.41, 5.74) is 0.543. The second kappa shape index (κ2) is 12.9. The number of benzene rings is 1. The second-order valence-electron chi connectivity index (χ2n) is 5.34. The van der Waals surface area contributed by atoms with E-state index in [1.54, 1.807) is 30.3 Å². The predicted molar refractivity (Wildman–Crippen MR) is 112 cm³/mol. The van der Waals surface area contributed by atoms with Gasteiger partial charge in [-0.05, 0) is 25.1 Å². The molecular formula is C18H23F2IN4O3. The van der Waals surface area contributed by atoms with Gasteiger partial charge in [-0.15, -0.1) is 24.0 Å². The number of carbonyl (C=O) groups is 1. The van der Waals surface area contributed by atoms with Crippen LogP contribution in [0.4, 0.5) is 8.78 Å². The number of aliphatic imine (C=N–C) groups is 1. The van der Waals surface area contributed by atoms with Gasteiger partial charge < -0.3 is 25.1 Å². The largest absolute Gasteiger partial charge is 0.459 e. The number of nitrogens with one attached hydrogen (secondary N) is 3. The molecule has 1 amide bonds. The summed E-state index contributed by atoms with van der Waals surface area (Å²) in [4.78, 5) is 16.1. The highest BCUT2D eigenvalue weighted by Gasteiger charge is 2.09. The Bertz CT molecular complexity index is 742. The number of hydrogen-bond acceptors (Lipinski definition) is 4. The van der Waals surface area contributed by atoms with Crippen LogP contribution in [0, 0.1) is 0 Å². The van der Waals surface area contributed by atoms with E-state index < -0.39 is 6.61 Å². The van der Waals surface area contributed by atoms with Crippen molar-refractivity contribution in [2.24, 2.45) is 4.99 Å². The molecule has 0 saturated carbocycles. The number of amides is 1. The number of carbonyl (C=O) groups excluding carboxylic acids is 1. The lowest BCUT2D eigenvalue weighted by molar-refractivity contribution is -0.0504. The Labute approximate surface area is 178 Å². The topological polar surface area (TPSA) is 87.9 Å². The first kappa shape index (κ1) is 23.7. The number of furan rings is 1. The van der Waals surface area contributed by atoms with Gasteiger partial charge in [0.15, 0.2) is 11.7 Å². The molecule has 0 radical (unpaired) electrons. The smallest absolute Gasteiger partial charge is 0.387 e. The maximum atomic E-state index is 12.5. The molecule has 1 aromatic heterocycles. The monoisotopic (exact) mass is 508 g/mol. The summed E-state index contributed by atoms with van der Waals surface area (Å²) in [6.45, 7) is 0.586. The fourth-order valence-corrected chi connectivity index (χ4v) is 2.20. The molecular weight excluding hydrogens is 485 g/mol. The molecule has 10 heteroatoms. The molecule has 0 aliphatic heterocycles. The highest BCUT2D eigenvalue weighted by Crippen LogP contribution is 2.20. The van der Waals surface area contributed by atoms with E-state index in [0.29, 0.717) is 31.2 Å². The number of guanidine groups is 1. The normalized spacial score (nSPS) is 10.9. The van der Waals surface area contributed by atoms with Crippen LogP contribution in [0.5, 0.6) is 5.75 Å². The van der Waals surface area contributed by atoms with Crippen molar-refractivity contribution in [1.82, 2.24) is 16.0 Å². The lowest BCUT2D eigenvalue weighted by Crippen LogP contribution is -2.41. The molecule has 2 rings (SSSR count). The predicted octanol–water partition coefficient (Wildman–Crippen LogP) is 2.98. The summed E-state index contributed by atoms with van der Waals surface area (Å²) in [7, 11) is 0. The summed E-state index contributed by atoms with van der Waals surface area (Å²) < 4.78 is 34.4. The molecule has 0 atom stereocenters. The van der Waals surface area contributed by atoms with Gasteiger partial charge in [0.2, 0.25) is 0 Å². The van der Waals surface area contributed by atoms with Crippen molar-refractivity contribution in [3.63, 3.8) is 0 Å². The summed E-state index contributed by atoms with van der Waals surface area (Å²) >= 11 is 0. The zero-order valence-corrected chi connectivity index (χ0v) is 17.6. The van der Waals surface area contributed by atoms with Crippen molar-refractivity contribution in [2.75, 3.05) is 19.6 Å². The number of ether oxygens (including phenoxy) is 1. The Morgan fingerprint density at radius 1 is 1.14 bits per heavy atom. The van der Waals surface area contributed by atoms with Gasteiger partial charge in [0, 0.05) is 25.2 Å². The SMILES string of the molecule is CCNC(=NCc1ccccc1OC(F)F)NCCNC(=O)c1ccco1.I. The molecule has 0 fully saturated rings. The molecule has 0 aliphatic carbocycles. The minimum atomic E-state index is -2.89. The van der Waals surface area contributed by atoms with Crippen molar-refractivity contribution in [1.29, 1.82) is 0 Å². The Morgan fingerprint density at radius 2 is 1.89 bits per heavy atom. The quantitative estimate of drug-likeness (QED) is 0.210. The summed E-state index contributed by atoms with van der Waals surface area (Å²) in [5, 5.41) is 8.81. The third kappa shape index (κ3) is 8.11. The van der Waals surface area contributed by atoms with E-state index >= 15 is 0 Å². The van der Waals surface area contributed by atoms with Gasteiger partial charge in [-0.3, -0.25) is 4.79 Å². The molecule has 154 valence electrons. The zero-order chi connectivity index (χ0) is 19.5. The lowest BCUT2D eigenvalue weighted by atomic mass is 10.2. The maximum Gasteiger partial charge on any atom is 0.387 e. The first-order chi connectivity index (χ1) is 13.1. The molecule has 0 unspecified atom stereocenters. The van der Waals surface area contributed by atoms with Crippen molar-refractivity contribution in [3.05, 3.63) is 54.0 Å². The van der Waals surface area contributed by atoms with Gasteiger partial charge in [0.25, 0.3) is 5.91 Å². The molecule has 0 spiro atoms. The molecule has 0 saturated heterocycles. The summed E-state index contributed by atoms with van der Waals surface area (Å²) in [6, 6.07) is 9.71. The fraction of sp³-hybridized carbons (Fsp3) is 0.333. The third-order valence-electron chi connectivity index (χ3n) is 3.39. The zero-order valence-electron chi connectivity index (χ0n) is 15.3. The molecule has 1 aromatic carbocycles. The standard InChI is InChI=1S/C18H22F2N4O3.HI/c1-2-21-18(23-10-9-22-16(25)15-8-5-11-26-15)24-12-13-6-3-4-7-14(13)27-17(19)20;/h3-8,11,17H,2,9-10,12H2,1H3,(H,22,25)(H2,21,23,24);1H. The second-order valence-corrected chi connectivity index (χ2v) is 5.34. The van der Waals surface area contributed by atoms with Crippen LogP contribution in [0.25, 0.3) is 0 Å². The van der Waals surface area contributed by atoms with Gasteiger partial charge in [0.1, 0.15) is 5.75 Å². The average Bonchev–Trinajstić information content (AvgIpc) is 3.18. The van der Waals surface area contributed by atoms with Crippen LogP contribution in [-0.4, -0.2) is 38.1 Å². The number of hydrogen-bond donors (Lipinski definition) is 3. The first-order valence-electron chi connectivity index (χ1n) is 8.46. The van der Waals surface area contributed by atoms with Gasteiger partial charge in [-0.2, -0.15) is 8.78 Å². The Morgan fingerprint density at radius 3 is 2.57 bits per heavy atom. The van der Waals surface area contributed by atoms with E-state index in [4.69, 9.17) is 4.42 Å². The van der Waals surface area contributed by atoms with E-state index in [0.717, 1.165) is 0 Å². The summed E-state index contributed by atoms with van der Waals surface area (Å²) in [6.07, 6.45) is 1.43. The summed E-state index contributed by atoms with van der Waals surface area (Å²) in [5.74, 6) is 0.530. The van der Waals surface area contributed by atoms with Crippen molar-refractivity contribution >= 4 is 35.8 Å². The van der Waals surface area contributed by atoms with Crippen molar-refractivity contribution < 1.29 is 22.7 Å². The molecule has 7 nitrogen and oxygen atoms in total. The van der Waals surface area contributed by atoms with E-state index in [2.05, 4.69) is 25.7 Å². The van der Waals surface area contributed by atoms with Crippen LogP contribution in [0.15, 0.2) is 52.1 Å². The molecule has 0 aliphatic rings. The molecule has 2 aromatic rings. The Balaban J connectivity index is 0.00000392. The van der Waals surface area contributed by atoms with E-state index in [1.165, 1.54) is 12.3 Å². The number of nitrogens with zero attached hydrogens (tertiary/aromatic N) is 1. The first-order valence-corrected chi connectivity index (χ1v) is 8.46. The Hall–Kier alpha value is -2.37. The minimum absolute atomic E-state index is 0. The van der Waals surface area contributed by atoms with Crippen LogP contribution in [-0.2, 0) is 6.54 Å². The van der Waals surface area contributed by atoms with Gasteiger partial charge in [-0.1, -0.05) is 18.2 Å². The van der Waals surface area contributed by atoms with Crippen LogP contribution in [0.2, 0.25) is 0 Å². The van der Waals surface area contributed by atoms with Gasteiger partial charge in [-0.25, -0.2) is 4.99 Å². The van der Waals surface area contributed by atoms with E-state index in [1.807, 2.05) is 6.92 Å². The molecule has 1 heterocycles. The number of para-hydroxylation sites is 1. The minimum Gasteiger partial charge on any atom is -0.459 e. The van der Waals surface area contributed by atoms with Crippen LogP contribution >= 0.6 is 24.0 Å². The molecule has 0 bridgehead atoms. The fourth-order valence-electron chi connectivity index (χ4n) is 2.20. The number of rotatable bonds is 9. The highest BCUT2D eigenvalue weighted by molar-refractivity contribution is 14.0. The highest BCUT2D eigenvalue weighted by atomic mass is 127. The van der Waals surface area contributed by atoms with Gasteiger partial charge >= 0.3 is 6.61 Å².